The molecule has 0 heterocycles. The summed E-state index contributed by atoms with van der Waals surface area (Å²) in [6.07, 6.45) is 0.127. The standard InChI is InChI=1S/C33H32Cl2FN3O5S/c1-3-37-33(41)31(20-23-8-5-4-6-9-23)38(21-28-29(34)10-7-11-30(28)35)32(40)22-39(25-14-12-24(36)13-15-25)45(42,43)27-18-16-26(44-2)17-19-27/h4-19,31H,3,20-22H2,1-2H3,(H,37,41). The molecule has 4 aromatic carbocycles. The van der Waals surface area contributed by atoms with E-state index in [0.29, 0.717) is 17.9 Å². The van der Waals surface area contributed by atoms with Gasteiger partial charge in [-0.1, -0.05) is 59.6 Å². The summed E-state index contributed by atoms with van der Waals surface area (Å²) >= 11 is 13.0. The number of carbonyl (C=O) groups is 2. The molecule has 8 nitrogen and oxygen atoms in total. The van der Waals surface area contributed by atoms with Gasteiger partial charge in [0.2, 0.25) is 11.8 Å². The van der Waals surface area contributed by atoms with Crippen molar-refractivity contribution in [3.63, 3.8) is 0 Å². The molecule has 0 saturated heterocycles. The minimum Gasteiger partial charge on any atom is -0.497 e. The maximum Gasteiger partial charge on any atom is 0.264 e. The molecule has 0 fully saturated rings. The van der Waals surface area contributed by atoms with E-state index in [2.05, 4.69) is 5.32 Å². The zero-order valence-corrected chi connectivity index (χ0v) is 26.9. The summed E-state index contributed by atoms with van der Waals surface area (Å²) in [6.45, 7) is 1.15. The van der Waals surface area contributed by atoms with Crippen molar-refractivity contribution in [2.45, 2.75) is 30.8 Å². The van der Waals surface area contributed by atoms with Crippen molar-refractivity contribution in [3.8, 4) is 5.75 Å². The van der Waals surface area contributed by atoms with Crippen LogP contribution in [0, 0.1) is 5.82 Å². The van der Waals surface area contributed by atoms with Crippen LogP contribution >= 0.6 is 23.2 Å². The van der Waals surface area contributed by atoms with Crippen LogP contribution in [0.1, 0.15) is 18.1 Å². The zero-order chi connectivity index (χ0) is 32.6. The second kappa shape index (κ2) is 15.2. The van der Waals surface area contributed by atoms with E-state index in [1.54, 1.807) is 25.1 Å². The lowest BCUT2D eigenvalue weighted by Gasteiger charge is -2.34. The number of amides is 2. The zero-order valence-electron chi connectivity index (χ0n) is 24.6. The van der Waals surface area contributed by atoms with Gasteiger partial charge in [-0.15, -0.1) is 0 Å². The number of ether oxygens (including phenoxy) is 1. The summed E-state index contributed by atoms with van der Waals surface area (Å²) in [6, 6.07) is 23.4. The first kappa shape index (κ1) is 33.8. The number of anilines is 1. The first-order valence-electron chi connectivity index (χ1n) is 14.0. The van der Waals surface area contributed by atoms with Gasteiger partial charge in [-0.05, 0) is 73.2 Å². The Morgan fingerprint density at radius 3 is 2.09 bits per heavy atom. The third-order valence-corrected chi connectivity index (χ3v) is 9.55. The third kappa shape index (κ3) is 8.33. The molecule has 12 heteroatoms. The highest BCUT2D eigenvalue weighted by atomic mass is 35.5. The molecular weight excluding hydrogens is 640 g/mol. The molecule has 0 saturated carbocycles. The van der Waals surface area contributed by atoms with E-state index < -0.39 is 40.2 Å². The number of halogens is 3. The van der Waals surface area contributed by atoms with Crippen LogP contribution in [0.25, 0.3) is 0 Å². The number of methoxy groups -OCH3 is 1. The van der Waals surface area contributed by atoms with Crippen molar-refractivity contribution in [3.05, 3.63) is 124 Å². The molecule has 1 N–H and O–H groups in total. The van der Waals surface area contributed by atoms with Crippen LogP contribution in [-0.4, -0.2) is 51.4 Å². The van der Waals surface area contributed by atoms with Crippen LogP contribution < -0.4 is 14.4 Å². The number of benzene rings is 4. The molecule has 0 spiro atoms. The van der Waals surface area contributed by atoms with Crippen molar-refractivity contribution in [1.29, 1.82) is 0 Å². The number of rotatable bonds is 13. The van der Waals surface area contributed by atoms with Gasteiger partial charge in [0.15, 0.2) is 0 Å². The molecule has 0 aliphatic carbocycles. The molecule has 1 atom stereocenters. The van der Waals surface area contributed by atoms with E-state index in [1.165, 1.54) is 48.4 Å². The molecule has 45 heavy (non-hydrogen) atoms. The second-order valence-corrected chi connectivity index (χ2v) is 12.7. The molecule has 1 unspecified atom stereocenters. The monoisotopic (exact) mass is 671 g/mol. The summed E-state index contributed by atoms with van der Waals surface area (Å²) in [7, 11) is -2.92. The van der Waals surface area contributed by atoms with Gasteiger partial charge in [0.1, 0.15) is 24.2 Å². The van der Waals surface area contributed by atoms with Crippen LogP contribution in [0.15, 0.2) is 102 Å². The summed E-state index contributed by atoms with van der Waals surface area (Å²) in [5, 5.41) is 3.34. The number of nitrogens with one attached hydrogen (secondary N) is 1. The number of likely N-dealkylation sites (N-methyl/N-ethyl adjacent to an activating group) is 1. The average molecular weight is 673 g/mol. The lowest BCUT2D eigenvalue weighted by molar-refractivity contribution is -0.140. The lowest BCUT2D eigenvalue weighted by atomic mass is 10.0. The van der Waals surface area contributed by atoms with E-state index in [0.717, 1.165) is 22.0 Å². The van der Waals surface area contributed by atoms with E-state index in [-0.39, 0.29) is 33.6 Å². The Morgan fingerprint density at radius 1 is 0.889 bits per heavy atom. The average Bonchev–Trinajstić information content (AvgIpc) is 3.03. The SMILES string of the molecule is CCNC(=O)C(Cc1ccccc1)N(Cc1c(Cl)cccc1Cl)C(=O)CN(c1ccc(F)cc1)S(=O)(=O)c1ccc(OC)cc1. The van der Waals surface area contributed by atoms with Crippen molar-refractivity contribution < 1.29 is 27.1 Å². The molecule has 0 aromatic heterocycles. The van der Waals surface area contributed by atoms with Crippen molar-refractivity contribution >= 4 is 50.7 Å². The van der Waals surface area contributed by atoms with Crippen molar-refractivity contribution in [2.75, 3.05) is 24.5 Å². The fraction of sp³-hybridized carbons (Fsp3) is 0.212. The minimum absolute atomic E-state index is 0.0499. The molecule has 4 aromatic rings. The number of hydrogen-bond donors (Lipinski definition) is 1. The minimum atomic E-state index is -4.37. The van der Waals surface area contributed by atoms with Gasteiger partial charge in [0.05, 0.1) is 17.7 Å². The third-order valence-electron chi connectivity index (χ3n) is 7.05. The van der Waals surface area contributed by atoms with Gasteiger partial charge in [-0.2, -0.15) is 0 Å². The Kier molecular flexibility index (Phi) is 11.4. The quantitative estimate of drug-likeness (QED) is 0.185. The lowest BCUT2D eigenvalue weighted by Crippen LogP contribution is -2.53. The molecule has 0 radical (unpaired) electrons. The first-order valence-corrected chi connectivity index (χ1v) is 16.2. The smallest absolute Gasteiger partial charge is 0.264 e. The Labute approximate surface area is 272 Å². The maximum absolute atomic E-state index is 14.4. The van der Waals surface area contributed by atoms with E-state index >= 15 is 0 Å². The highest BCUT2D eigenvalue weighted by Gasteiger charge is 2.35. The van der Waals surface area contributed by atoms with E-state index in [4.69, 9.17) is 27.9 Å². The summed E-state index contributed by atoms with van der Waals surface area (Å²) < 4.78 is 48.0. The number of hydrogen-bond acceptors (Lipinski definition) is 5. The van der Waals surface area contributed by atoms with Crippen LogP contribution in [0.4, 0.5) is 10.1 Å². The van der Waals surface area contributed by atoms with E-state index in [1.807, 2.05) is 30.3 Å². The summed E-state index contributed by atoms with van der Waals surface area (Å²) in [5.41, 5.74) is 1.22. The Bertz CT molecular complexity index is 1700. The normalized spacial score (nSPS) is 11.8. The predicted molar refractivity (Wildman–Crippen MR) is 174 cm³/mol. The van der Waals surface area contributed by atoms with Gasteiger partial charge in [-0.25, -0.2) is 12.8 Å². The Hall–Kier alpha value is -4.12. The van der Waals surface area contributed by atoms with Crippen LogP contribution in [-0.2, 0) is 32.6 Å². The second-order valence-electron chi connectivity index (χ2n) is 9.99. The van der Waals surface area contributed by atoms with Crippen LogP contribution in [0.3, 0.4) is 0 Å². The number of nitrogens with zero attached hydrogens (tertiary/aromatic N) is 2. The molecule has 4 rings (SSSR count). The van der Waals surface area contributed by atoms with Crippen LogP contribution in [0.2, 0.25) is 10.0 Å². The predicted octanol–water partition coefficient (Wildman–Crippen LogP) is 6.11. The topological polar surface area (TPSA) is 96.0 Å². The highest BCUT2D eigenvalue weighted by Crippen LogP contribution is 2.29. The van der Waals surface area contributed by atoms with Gasteiger partial charge >= 0.3 is 0 Å². The molecular formula is C33H32Cl2FN3O5S. The molecule has 0 aliphatic heterocycles. The first-order chi connectivity index (χ1) is 21.5. The highest BCUT2D eigenvalue weighted by molar-refractivity contribution is 7.92. The summed E-state index contributed by atoms with van der Waals surface area (Å²) in [5.74, 6) is -1.29. The Balaban J connectivity index is 1.82. The Morgan fingerprint density at radius 2 is 1.51 bits per heavy atom. The van der Waals surface area contributed by atoms with Crippen molar-refractivity contribution in [1.82, 2.24) is 10.2 Å². The molecule has 2 amide bonds. The number of sulfonamides is 1. The molecule has 0 bridgehead atoms. The maximum atomic E-state index is 14.4. The van der Waals surface area contributed by atoms with Gasteiger partial charge in [-0.3, -0.25) is 13.9 Å². The van der Waals surface area contributed by atoms with Crippen LogP contribution in [0.5, 0.6) is 5.75 Å². The van der Waals surface area contributed by atoms with Gasteiger partial charge < -0.3 is 15.0 Å². The molecule has 236 valence electrons. The van der Waals surface area contributed by atoms with E-state index in [9.17, 15) is 22.4 Å². The van der Waals surface area contributed by atoms with Crippen molar-refractivity contribution in [2.24, 2.45) is 0 Å². The van der Waals surface area contributed by atoms with Gasteiger partial charge in [0.25, 0.3) is 10.0 Å². The van der Waals surface area contributed by atoms with Gasteiger partial charge in [0, 0.05) is 35.1 Å². The fourth-order valence-electron chi connectivity index (χ4n) is 4.71. The summed E-state index contributed by atoms with van der Waals surface area (Å²) in [4.78, 5) is 29.1. The fourth-order valence-corrected chi connectivity index (χ4v) is 6.64. The number of carbonyl (C=O) groups excluding carboxylic acids is 2. The molecule has 0 aliphatic rings. The largest absolute Gasteiger partial charge is 0.497 e.